The number of hydrogen-bond donors (Lipinski definition) is 1. The molecule has 0 bridgehead atoms. The monoisotopic (exact) mass is 189 g/mol. The number of hydroxylamine groups is 1. The van der Waals surface area contributed by atoms with Crippen molar-refractivity contribution < 1.29 is 4.84 Å². The zero-order chi connectivity index (χ0) is 9.80. The highest BCUT2D eigenvalue weighted by Gasteiger charge is 2.25. The second-order valence-electron chi connectivity index (χ2n) is 3.59. The summed E-state index contributed by atoms with van der Waals surface area (Å²) < 4.78 is 0. The van der Waals surface area contributed by atoms with Crippen LogP contribution in [0.15, 0.2) is 43.0 Å². The zero-order valence-electron chi connectivity index (χ0n) is 8.15. The molecule has 0 radical (unpaired) electrons. The van der Waals surface area contributed by atoms with Crippen molar-refractivity contribution in [2.45, 2.75) is 25.0 Å². The fraction of sp³-hybridized carbons (Fsp3) is 0.333. The van der Waals surface area contributed by atoms with E-state index in [-0.39, 0.29) is 6.10 Å². The lowest BCUT2D eigenvalue weighted by molar-refractivity contribution is 0.0259. The third-order valence-corrected chi connectivity index (χ3v) is 2.50. The molecular weight excluding hydrogens is 174 g/mol. The van der Waals surface area contributed by atoms with Crippen LogP contribution in [-0.2, 0) is 4.84 Å². The van der Waals surface area contributed by atoms with Crippen molar-refractivity contribution >= 4 is 0 Å². The molecule has 0 aromatic heterocycles. The first-order valence-electron chi connectivity index (χ1n) is 4.97. The van der Waals surface area contributed by atoms with E-state index >= 15 is 0 Å². The van der Waals surface area contributed by atoms with E-state index in [9.17, 15) is 0 Å². The Balaban J connectivity index is 1.99. The number of benzene rings is 1. The minimum atomic E-state index is 0.196. The maximum Gasteiger partial charge on any atom is 0.106 e. The van der Waals surface area contributed by atoms with Crippen molar-refractivity contribution in [1.82, 2.24) is 5.48 Å². The quantitative estimate of drug-likeness (QED) is 0.738. The molecule has 2 heteroatoms. The van der Waals surface area contributed by atoms with Crippen LogP contribution in [0.25, 0.3) is 0 Å². The third kappa shape index (κ3) is 2.03. The molecule has 0 amide bonds. The molecule has 0 saturated carbocycles. The summed E-state index contributed by atoms with van der Waals surface area (Å²) in [7, 11) is 0. The summed E-state index contributed by atoms with van der Waals surface area (Å²) in [6.45, 7) is 3.73. The van der Waals surface area contributed by atoms with E-state index in [4.69, 9.17) is 4.84 Å². The number of nitrogens with one attached hydrogen (secondary N) is 1. The molecule has 2 atom stereocenters. The van der Waals surface area contributed by atoms with Crippen LogP contribution in [0, 0.1) is 0 Å². The molecule has 0 spiro atoms. The molecule has 1 aliphatic rings. The van der Waals surface area contributed by atoms with Crippen LogP contribution in [0.1, 0.15) is 24.5 Å². The van der Waals surface area contributed by atoms with Gasteiger partial charge in [-0.25, -0.2) is 0 Å². The zero-order valence-corrected chi connectivity index (χ0v) is 8.15. The summed E-state index contributed by atoms with van der Waals surface area (Å²) in [6.07, 6.45) is 4.11. The van der Waals surface area contributed by atoms with Crippen molar-refractivity contribution in [3.8, 4) is 0 Å². The summed E-state index contributed by atoms with van der Waals surface area (Å²) in [5.41, 5.74) is 4.28. The number of rotatable bonds is 3. The summed E-state index contributed by atoms with van der Waals surface area (Å²) >= 11 is 0. The first-order valence-corrected chi connectivity index (χ1v) is 4.97. The second-order valence-corrected chi connectivity index (χ2v) is 3.59. The Morgan fingerprint density at radius 3 is 2.93 bits per heavy atom. The molecular formula is C12H15NO. The van der Waals surface area contributed by atoms with Crippen molar-refractivity contribution in [2.75, 3.05) is 0 Å². The van der Waals surface area contributed by atoms with Crippen molar-refractivity contribution in [1.29, 1.82) is 0 Å². The lowest BCUT2D eigenvalue weighted by atomic mass is 10.0. The minimum Gasteiger partial charge on any atom is -0.293 e. The lowest BCUT2D eigenvalue weighted by Crippen LogP contribution is -2.18. The van der Waals surface area contributed by atoms with Crippen LogP contribution in [0.3, 0.4) is 0 Å². The SMILES string of the molecule is C=CC[C@@H]1C[C@H](c2ccccc2)ON1. The van der Waals surface area contributed by atoms with Crippen LogP contribution in [0.4, 0.5) is 0 Å². The highest BCUT2D eigenvalue weighted by atomic mass is 16.7. The third-order valence-electron chi connectivity index (χ3n) is 2.50. The Bertz CT molecular complexity index is 296. The Hall–Kier alpha value is -1.12. The van der Waals surface area contributed by atoms with Crippen molar-refractivity contribution in [3.05, 3.63) is 48.6 Å². The van der Waals surface area contributed by atoms with Crippen LogP contribution in [-0.4, -0.2) is 6.04 Å². The first-order chi connectivity index (χ1) is 6.90. The highest BCUT2D eigenvalue weighted by molar-refractivity contribution is 5.18. The molecule has 1 N–H and O–H groups in total. The molecule has 1 aromatic rings. The van der Waals surface area contributed by atoms with Crippen LogP contribution in [0.5, 0.6) is 0 Å². The van der Waals surface area contributed by atoms with Crippen LogP contribution < -0.4 is 5.48 Å². The lowest BCUT2D eigenvalue weighted by Gasteiger charge is -2.06. The Morgan fingerprint density at radius 2 is 2.21 bits per heavy atom. The topological polar surface area (TPSA) is 21.3 Å². The van der Waals surface area contributed by atoms with Gasteiger partial charge in [-0.3, -0.25) is 4.84 Å². The molecule has 1 heterocycles. The van der Waals surface area contributed by atoms with E-state index in [1.165, 1.54) is 5.56 Å². The molecule has 74 valence electrons. The van der Waals surface area contributed by atoms with E-state index in [1.54, 1.807) is 0 Å². The maximum absolute atomic E-state index is 5.51. The van der Waals surface area contributed by atoms with Gasteiger partial charge < -0.3 is 0 Å². The van der Waals surface area contributed by atoms with E-state index in [2.05, 4.69) is 24.2 Å². The standard InChI is InChI=1S/C12H15NO/c1-2-6-11-9-12(14-13-11)10-7-4-3-5-8-10/h2-5,7-8,11-13H,1,6,9H2/t11-,12-/m1/s1. The van der Waals surface area contributed by atoms with Crippen molar-refractivity contribution in [3.63, 3.8) is 0 Å². The highest BCUT2D eigenvalue weighted by Crippen LogP contribution is 2.27. The summed E-state index contributed by atoms with van der Waals surface area (Å²) in [5.74, 6) is 0. The fourth-order valence-electron chi connectivity index (χ4n) is 1.75. The van der Waals surface area contributed by atoms with E-state index in [0.717, 1.165) is 12.8 Å². The van der Waals surface area contributed by atoms with Crippen molar-refractivity contribution in [2.24, 2.45) is 0 Å². The Labute approximate surface area is 84.5 Å². The van der Waals surface area contributed by atoms with Gasteiger partial charge in [0.2, 0.25) is 0 Å². The first kappa shape index (κ1) is 9.44. The maximum atomic E-state index is 5.51. The van der Waals surface area contributed by atoms with Gasteiger partial charge in [0, 0.05) is 6.04 Å². The number of hydrogen-bond acceptors (Lipinski definition) is 2. The molecule has 1 saturated heterocycles. The molecule has 1 aromatic carbocycles. The molecule has 14 heavy (non-hydrogen) atoms. The molecule has 0 aliphatic carbocycles. The van der Waals surface area contributed by atoms with Gasteiger partial charge in [0.1, 0.15) is 6.10 Å². The predicted octanol–water partition coefficient (Wildman–Crippen LogP) is 2.60. The van der Waals surface area contributed by atoms with Gasteiger partial charge in [-0.2, -0.15) is 5.48 Å². The van der Waals surface area contributed by atoms with Gasteiger partial charge in [-0.1, -0.05) is 36.4 Å². The largest absolute Gasteiger partial charge is 0.293 e. The summed E-state index contributed by atoms with van der Waals surface area (Å²) in [5, 5.41) is 0. The van der Waals surface area contributed by atoms with E-state index in [0.29, 0.717) is 6.04 Å². The Morgan fingerprint density at radius 1 is 1.43 bits per heavy atom. The van der Waals surface area contributed by atoms with E-state index < -0.39 is 0 Å². The predicted molar refractivity (Wildman–Crippen MR) is 56.6 cm³/mol. The van der Waals surface area contributed by atoms with Crippen LogP contribution in [0.2, 0.25) is 0 Å². The van der Waals surface area contributed by atoms with Gasteiger partial charge >= 0.3 is 0 Å². The molecule has 2 rings (SSSR count). The molecule has 1 fully saturated rings. The average molecular weight is 189 g/mol. The van der Waals surface area contributed by atoms with E-state index in [1.807, 2.05) is 24.3 Å². The smallest absolute Gasteiger partial charge is 0.106 e. The normalized spacial score (nSPS) is 26.3. The fourth-order valence-corrected chi connectivity index (χ4v) is 1.75. The van der Waals surface area contributed by atoms with Gasteiger partial charge in [0.25, 0.3) is 0 Å². The summed E-state index contributed by atoms with van der Waals surface area (Å²) in [6, 6.07) is 10.7. The average Bonchev–Trinajstić information content (AvgIpc) is 2.68. The summed E-state index contributed by atoms with van der Waals surface area (Å²) in [4.78, 5) is 5.51. The molecule has 2 nitrogen and oxygen atoms in total. The Kier molecular flexibility index (Phi) is 2.96. The van der Waals surface area contributed by atoms with Gasteiger partial charge in [0.05, 0.1) is 0 Å². The van der Waals surface area contributed by atoms with Crippen LogP contribution >= 0.6 is 0 Å². The van der Waals surface area contributed by atoms with Gasteiger partial charge in [0.15, 0.2) is 0 Å². The minimum absolute atomic E-state index is 0.196. The molecule has 1 aliphatic heterocycles. The van der Waals surface area contributed by atoms with Gasteiger partial charge in [-0.05, 0) is 18.4 Å². The molecule has 0 unspecified atom stereocenters. The van der Waals surface area contributed by atoms with Gasteiger partial charge in [-0.15, -0.1) is 6.58 Å². The second kappa shape index (κ2) is 4.40.